The lowest BCUT2D eigenvalue weighted by Crippen LogP contribution is -2.11. The molecule has 0 fully saturated rings. The van der Waals surface area contributed by atoms with Crippen LogP contribution in [0.15, 0.2) is 72.8 Å². The molecule has 2 unspecified atom stereocenters. The molecule has 0 aromatic heterocycles. The lowest BCUT2D eigenvalue weighted by molar-refractivity contribution is 0.331. The molecule has 6 aromatic carbocycles. The number of benzene rings is 6. The maximum Gasteiger partial charge on any atom is 0.203 e. The van der Waals surface area contributed by atoms with Gasteiger partial charge in [-0.15, -0.1) is 0 Å². The van der Waals surface area contributed by atoms with E-state index in [-0.39, 0.29) is 34.5 Å². The number of aryl methyl sites for hydroxylation is 5. The maximum atomic E-state index is 10.7. The summed E-state index contributed by atoms with van der Waals surface area (Å²) in [5.41, 5.74) is 13.5. The molecule has 0 saturated carbocycles. The van der Waals surface area contributed by atoms with Crippen LogP contribution in [0.5, 0.6) is 69.0 Å². The number of hydrogen-bond acceptors (Lipinski definition) is 12. The number of fused-ring (bicyclic) bond motifs is 11. The van der Waals surface area contributed by atoms with Gasteiger partial charge in [0.25, 0.3) is 0 Å². The molecule has 12 nitrogen and oxygen atoms in total. The van der Waals surface area contributed by atoms with Crippen molar-refractivity contribution in [2.75, 3.05) is 42.7 Å². The lowest BCUT2D eigenvalue weighted by atomic mass is 9.76. The molecule has 0 amide bonds. The van der Waals surface area contributed by atoms with Crippen LogP contribution in [0.2, 0.25) is 0 Å². The average Bonchev–Trinajstić information content (AvgIpc) is 3.86. The molecule has 396 valence electrons. The fourth-order valence-electron chi connectivity index (χ4n) is 12.4. The molecule has 6 aromatic rings. The highest BCUT2D eigenvalue weighted by atomic mass is 16.5. The first-order valence-corrected chi connectivity index (χ1v) is 26.5. The van der Waals surface area contributed by atoms with E-state index in [9.17, 15) is 30.6 Å². The van der Waals surface area contributed by atoms with Crippen LogP contribution < -0.4 is 28.4 Å². The predicted molar refractivity (Wildman–Crippen MR) is 293 cm³/mol. The number of methoxy groups -OCH3 is 6. The summed E-state index contributed by atoms with van der Waals surface area (Å²) < 4.78 is 33.1. The topological polar surface area (TPSA) is 177 Å². The highest BCUT2D eigenvalue weighted by Crippen LogP contribution is 2.56. The Morgan fingerprint density at radius 3 is 1.32 bits per heavy atom. The second-order valence-corrected chi connectivity index (χ2v) is 20.3. The van der Waals surface area contributed by atoms with Gasteiger partial charge in [0.05, 0.1) is 42.7 Å². The van der Waals surface area contributed by atoms with Gasteiger partial charge >= 0.3 is 0 Å². The minimum Gasteiger partial charge on any atom is -0.507 e. The molecule has 0 radical (unpaired) electrons. The van der Waals surface area contributed by atoms with Crippen molar-refractivity contribution in [2.24, 2.45) is 0 Å². The summed E-state index contributed by atoms with van der Waals surface area (Å²) >= 11 is 0. The summed E-state index contributed by atoms with van der Waals surface area (Å²) in [6.45, 7) is 0. The van der Waals surface area contributed by atoms with Crippen LogP contribution in [-0.4, -0.2) is 73.3 Å². The van der Waals surface area contributed by atoms with E-state index in [4.69, 9.17) is 28.4 Å². The zero-order chi connectivity index (χ0) is 52.9. The van der Waals surface area contributed by atoms with E-state index < -0.39 is 0 Å². The van der Waals surface area contributed by atoms with E-state index in [1.54, 1.807) is 32.4 Å². The van der Waals surface area contributed by atoms with Crippen molar-refractivity contribution < 1.29 is 59.1 Å². The van der Waals surface area contributed by atoms with Gasteiger partial charge in [-0.1, -0.05) is 36.8 Å². The minimum atomic E-state index is 0.115. The molecule has 0 heterocycles. The van der Waals surface area contributed by atoms with Crippen molar-refractivity contribution in [3.05, 3.63) is 117 Å². The first-order valence-electron chi connectivity index (χ1n) is 26.5. The number of aromatic hydroxyl groups is 6. The Balaban J connectivity index is 0.000000138. The molecule has 2 atom stereocenters. The molecule has 0 aliphatic heterocycles. The summed E-state index contributed by atoms with van der Waals surface area (Å²) in [6, 6.07) is 19.1. The van der Waals surface area contributed by atoms with Crippen molar-refractivity contribution in [2.45, 2.75) is 121 Å². The molecule has 5 aliphatic carbocycles. The van der Waals surface area contributed by atoms with Gasteiger partial charge in [0.1, 0.15) is 17.2 Å². The summed E-state index contributed by atoms with van der Waals surface area (Å²) in [6.07, 6.45) is 21.4. The van der Waals surface area contributed by atoms with Crippen LogP contribution in [0, 0.1) is 0 Å². The third-order valence-corrected chi connectivity index (χ3v) is 16.0. The highest BCUT2D eigenvalue weighted by Gasteiger charge is 2.34. The first-order chi connectivity index (χ1) is 36.5. The van der Waals surface area contributed by atoms with E-state index in [1.807, 2.05) is 36.4 Å². The second-order valence-electron chi connectivity index (χ2n) is 20.3. The molecule has 0 spiro atoms. The minimum absolute atomic E-state index is 0.115. The monoisotopic (exact) mass is 1020 g/mol. The molecule has 6 N–H and O–H groups in total. The molecule has 12 heteroatoms. The van der Waals surface area contributed by atoms with Crippen LogP contribution in [-0.2, 0) is 38.5 Å². The van der Waals surface area contributed by atoms with Gasteiger partial charge in [-0.3, -0.25) is 0 Å². The smallest absolute Gasteiger partial charge is 0.203 e. The zero-order valence-corrected chi connectivity index (χ0v) is 44.2. The average molecular weight is 1020 g/mol. The Labute approximate surface area is 440 Å². The molecular formula is C63H72O12. The fourth-order valence-corrected chi connectivity index (χ4v) is 12.4. The van der Waals surface area contributed by atoms with Crippen LogP contribution >= 0.6 is 0 Å². The molecule has 11 rings (SSSR count). The fraction of sp³-hybridized carbons (Fsp3) is 0.397. The maximum absolute atomic E-state index is 10.7. The van der Waals surface area contributed by atoms with E-state index >= 15 is 0 Å². The van der Waals surface area contributed by atoms with E-state index in [0.717, 1.165) is 153 Å². The number of rotatable bonds is 6. The van der Waals surface area contributed by atoms with Gasteiger partial charge in [0.2, 0.25) is 17.2 Å². The number of phenolic OH excluding ortho intramolecular Hbond substituents is 6. The molecule has 8 bridgehead atoms. The van der Waals surface area contributed by atoms with Gasteiger partial charge in [0.15, 0.2) is 34.5 Å². The Morgan fingerprint density at radius 2 is 0.787 bits per heavy atom. The normalized spacial score (nSPS) is 17.5. The van der Waals surface area contributed by atoms with Crippen LogP contribution in [0.25, 0.3) is 33.4 Å². The van der Waals surface area contributed by atoms with Gasteiger partial charge in [0, 0.05) is 33.4 Å². The largest absolute Gasteiger partial charge is 0.507 e. The second kappa shape index (κ2) is 23.1. The molecular weight excluding hydrogens is 949 g/mol. The molecule has 5 aliphatic rings. The number of phenols is 6. The summed E-state index contributed by atoms with van der Waals surface area (Å²) in [7, 11) is 9.27. The lowest BCUT2D eigenvalue weighted by Gasteiger charge is -2.29. The Kier molecular flexibility index (Phi) is 16.1. The van der Waals surface area contributed by atoms with E-state index in [0.29, 0.717) is 51.9 Å². The van der Waals surface area contributed by atoms with E-state index in [1.165, 1.54) is 57.1 Å². The number of hydrogen-bond donors (Lipinski definition) is 6. The van der Waals surface area contributed by atoms with Crippen molar-refractivity contribution >= 4 is 0 Å². The van der Waals surface area contributed by atoms with Crippen LogP contribution in [0.4, 0.5) is 0 Å². The van der Waals surface area contributed by atoms with Crippen molar-refractivity contribution in [1.29, 1.82) is 0 Å². The first kappa shape index (κ1) is 52.5. The Bertz CT molecular complexity index is 3090. The van der Waals surface area contributed by atoms with Crippen molar-refractivity contribution in [3.8, 4) is 102 Å². The molecule has 75 heavy (non-hydrogen) atoms. The van der Waals surface area contributed by atoms with Crippen molar-refractivity contribution in [1.82, 2.24) is 0 Å². The predicted octanol–water partition coefficient (Wildman–Crippen LogP) is 13.7. The molecule has 0 saturated heterocycles. The van der Waals surface area contributed by atoms with Crippen LogP contribution in [0.3, 0.4) is 0 Å². The van der Waals surface area contributed by atoms with Crippen molar-refractivity contribution in [3.63, 3.8) is 0 Å². The highest BCUT2D eigenvalue weighted by molar-refractivity contribution is 5.87. The SMILES string of the molecule is COc1c2cc(c(O)c1OC)CCCC/C=C\Cc1ccc(O)c-2c1.COc1c2cc(c(O)c1OC)CCCC1CCCc3ccc(O)c-2c31.COc1c2cc(c(O)c1OC)CCCCC1CCc3ccc(O)c-2c31. The number of ether oxygens (including phenoxy) is 6. The van der Waals surface area contributed by atoms with Gasteiger partial charge < -0.3 is 59.1 Å². The zero-order valence-electron chi connectivity index (χ0n) is 44.2. The third kappa shape index (κ3) is 10.2. The Morgan fingerprint density at radius 1 is 0.360 bits per heavy atom. The van der Waals surface area contributed by atoms with Gasteiger partial charge in [-0.25, -0.2) is 0 Å². The Hall–Kier alpha value is -7.34. The standard InChI is InChI=1S/3C21H24O4/c1-24-20-15-11-14(19(23)21(20)25-2)8-4-6-12-5-3-7-13-9-10-16(22)18(15)17(12)13;1-24-20-15-11-14(19(23)21(20)25-2)6-4-3-5-12-7-8-13-9-10-16(22)18(15)17(12)13;1-24-20-17-13-15(19(23)21(20)25-2)9-7-5-3-4-6-8-14-10-11-18(22)16(17)12-14/h2*9-12,22-23H,3-8H2,1-2H3;4,6,10-13,22-23H,3,5,7-9H2,1-2H3/b;;6-4-. The summed E-state index contributed by atoms with van der Waals surface area (Å²) in [5, 5.41) is 63.7. The van der Waals surface area contributed by atoms with Gasteiger partial charge in [-0.05, 0) is 202 Å². The number of allylic oxidation sites excluding steroid dienone is 2. The quantitative estimate of drug-likeness (QED) is 0.0872. The summed E-state index contributed by atoms with van der Waals surface area (Å²) in [4.78, 5) is 0. The summed E-state index contributed by atoms with van der Waals surface area (Å²) in [5.74, 6) is 4.45. The van der Waals surface area contributed by atoms with Gasteiger partial charge in [-0.2, -0.15) is 0 Å². The third-order valence-electron chi connectivity index (χ3n) is 16.0. The van der Waals surface area contributed by atoms with E-state index in [2.05, 4.69) is 18.2 Å². The van der Waals surface area contributed by atoms with Crippen LogP contribution in [0.1, 0.15) is 127 Å².